The smallest absolute Gasteiger partial charge is 0.233 e. The minimum absolute atomic E-state index is 0.0585. The molecule has 2 heterocycles. The van der Waals surface area contributed by atoms with E-state index in [-0.39, 0.29) is 17.8 Å². The van der Waals surface area contributed by atoms with Crippen LogP contribution in [0.5, 0.6) is 11.5 Å². The number of thiophene rings is 1. The summed E-state index contributed by atoms with van der Waals surface area (Å²) in [5.41, 5.74) is 2.24. The lowest BCUT2D eigenvalue weighted by Gasteiger charge is -2.37. The number of hydrogen-bond acceptors (Lipinski definition) is 5. The van der Waals surface area contributed by atoms with E-state index in [1.807, 2.05) is 28.5 Å². The molecule has 4 nitrogen and oxygen atoms in total. The lowest BCUT2D eigenvalue weighted by atomic mass is 9.91. The number of fused-ring (bicyclic) bond motifs is 1. The van der Waals surface area contributed by atoms with E-state index in [0.717, 1.165) is 21.8 Å². The molecule has 0 fully saturated rings. The SMILES string of the molecule is COc1cc2c(cc1OC)C(c1cccs1)N(C(=O)CSc1ccc(F)cc1)CC2. The molecule has 1 aliphatic rings. The molecular formula is C23H22FNO3S2. The molecule has 30 heavy (non-hydrogen) atoms. The van der Waals surface area contributed by atoms with E-state index in [1.54, 1.807) is 37.7 Å². The molecule has 0 saturated carbocycles. The molecule has 0 N–H and O–H groups in total. The summed E-state index contributed by atoms with van der Waals surface area (Å²) in [5, 5.41) is 2.03. The Morgan fingerprint density at radius 1 is 1.17 bits per heavy atom. The van der Waals surface area contributed by atoms with Crippen LogP contribution in [0.25, 0.3) is 0 Å². The van der Waals surface area contributed by atoms with Gasteiger partial charge in [-0.05, 0) is 65.4 Å². The Labute approximate surface area is 183 Å². The molecule has 1 aliphatic heterocycles. The third-order valence-corrected chi connectivity index (χ3v) is 7.10. The fraction of sp³-hybridized carbons (Fsp3) is 0.261. The van der Waals surface area contributed by atoms with Crippen molar-refractivity contribution in [1.82, 2.24) is 4.90 Å². The molecule has 0 bridgehead atoms. The maximum Gasteiger partial charge on any atom is 0.233 e. The molecule has 1 atom stereocenters. The standard InChI is InChI=1S/C23H22FNO3S2/c1-27-19-12-15-9-10-25(22(26)14-30-17-7-5-16(24)6-8-17)23(21-4-3-11-29-21)18(15)13-20(19)28-2/h3-8,11-13,23H,9-10,14H2,1-2H3. The van der Waals surface area contributed by atoms with Gasteiger partial charge in [0.2, 0.25) is 5.91 Å². The quantitative estimate of drug-likeness (QED) is 0.493. The average molecular weight is 444 g/mol. The molecule has 1 unspecified atom stereocenters. The van der Waals surface area contributed by atoms with Gasteiger partial charge in [0.05, 0.1) is 26.0 Å². The van der Waals surface area contributed by atoms with Crippen LogP contribution in [0.4, 0.5) is 4.39 Å². The summed E-state index contributed by atoms with van der Waals surface area (Å²) in [7, 11) is 3.25. The van der Waals surface area contributed by atoms with Crippen LogP contribution in [-0.2, 0) is 11.2 Å². The van der Waals surface area contributed by atoms with Crippen LogP contribution in [0.1, 0.15) is 22.0 Å². The van der Waals surface area contributed by atoms with Crippen molar-refractivity contribution < 1.29 is 18.7 Å². The molecule has 1 amide bonds. The highest BCUT2D eigenvalue weighted by Crippen LogP contribution is 2.42. The second-order valence-corrected chi connectivity index (χ2v) is 8.93. The van der Waals surface area contributed by atoms with E-state index in [4.69, 9.17) is 9.47 Å². The Bertz CT molecular complexity index is 1020. The van der Waals surface area contributed by atoms with Crippen LogP contribution in [0.3, 0.4) is 0 Å². The zero-order chi connectivity index (χ0) is 21.1. The summed E-state index contributed by atoms with van der Waals surface area (Å²) in [5.74, 6) is 1.44. The van der Waals surface area contributed by atoms with Crippen molar-refractivity contribution in [2.45, 2.75) is 17.4 Å². The number of benzene rings is 2. The van der Waals surface area contributed by atoms with Gasteiger partial charge < -0.3 is 14.4 Å². The number of hydrogen-bond donors (Lipinski definition) is 0. The van der Waals surface area contributed by atoms with Gasteiger partial charge in [-0.2, -0.15) is 0 Å². The van der Waals surface area contributed by atoms with Crippen molar-refractivity contribution in [3.63, 3.8) is 0 Å². The highest BCUT2D eigenvalue weighted by Gasteiger charge is 2.33. The van der Waals surface area contributed by atoms with E-state index in [9.17, 15) is 9.18 Å². The number of amides is 1. The zero-order valence-electron chi connectivity index (χ0n) is 16.8. The van der Waals surface area contributed by atoms with Gasteiger partial charge in [0.1, 0.15) is 5.82 Å². The number of carbonyl (C=O) groups excluding carboxylic acids is 1. The molecule has 7 heteroatoms. The number of ether oxygens (including phenoxy) is 2. The van der Waals surface area contributed by atoms with Crippen molar-refractivity contribution in [3.05, 3.63) is 75.7 Å². The van der Waals surface area contributed by atoms with Crippen molar-refractivity contribution in [3.8, 4) is 11.5 Å². The summed E-state index contributed by atoms with van der Waals surface area (Å²) in [6, 6.07) is 14.2. The third kappa shape index (κ3) is 4.18. The monoisotopic (exact) mass is 443 g/mol. The predicted octanol–water partition coefficient (Wildman–Crippen LogP) is 5.17. The zero-order valence-corrected chi connectivity index (χ0v) is 18.4. The number of rotatable bonds is 6. The molecule has 3 aromatic rings. The van der Waals surface area contributed by atoms with E-state index >= 15 is 0 Å². The van der Waals surface area contributed by atoms with E-state index in [0.29, 0.717) is 23.8 Å². The number of carbonyl (C=O) groups is 1. The molecule has 4 rings (SSSR count). The second-order valence-electron chi connectivity index (χ2n) is 6.90. The van der Waals surface area contributed by atoms with E-state index < -0.39 is 0 Å². The van der Waals surface area contributed by atoms with Gasteiger partial charge in [-0.15, -0.1) is 23.1 Å². The molecule has 0 spiro atoms. The second kappa shape index (κ2) is 9.10. The minimum Gasteiger partial charge on any atom is -0.493 e. The van der Waals surface area contributed by atoms with Crippen LogP contribution in [-0.4, -0.2) is 37.3 Å². The molecule has 0 saturated heterocycles. The van der Waals surface area contributed by atoms with Crippen LogP contribution in [0.2, 0.25) is 0 Å². The van der Waals surface area contributed by atoms with Crippen LogP contribution in [0, 0.1) is 5.82 Å². The number of thioether (sulfide) groups is 1. The number of methoxy groups -OCH3 is 2. The molecule has 2 aromatic carbocycles. The van der Waals surface area contributed by atoms with Crippen molar-refractivity contribution in [1.29, 1.82) is 0 Å². The van der Waals surface area contributed by atoms with Crippen molar-refractivity contribution in [2.75, 3.05) is 26.5 Å². The Kier molecular flexibility index (Phi) is 6.29. The maximum absolute atomic E-state index is 13.2. The fourth-order valence-corrected chi connectivity index (χ4v) is 5.37. The Hall–Kier alpha value is -2.51. The topological polar surface area (TPSA) is 38.8 Å². The molecule has 0 aliphatic carbocycles. The third-order valence-electron chi connectivity index (χ3n) is 5.18. The summed E-state index contributed by atoms with van der Waals surface area (Å²) < 4.78 is 24.1. The number of halogens is 1. The molecular weight excluding hydrogens is 421 g/mol. The Balaban J connectivity index is 1.63. The lowest BCUT2D eigenvalue weighted by molar-refractivity contribution is -0.130. The van der Waals surface area contributed by atoms with Crippen molar-refractivity contribution >= 4 is 29.0 Å². The minimum atomic E-state index is -0.277. The van der Waals surface area contributed by atoms with Gasteiger partial charge in [0.25, 0.3) is 0 Å². The van der Waals surface area contributed by atoms with Crippen molar-refractivity contribution in [2.24, 2.45) is 0 Å². The predicted molar refractivity (Wildman–Crippen MR) is 118 cm³/mol. The van der Waals surface area contributed by atoms with Gasteiger partial charge in [0, 0.05) is 16.3 Å². The normalized spacial score (nSPS) is 15.6. The van der Waals surface area contributed by atoms with Gasteiger partial charge in [0.15, 0.2) is 11.5 Å². The first-order chi connectivity index (χ1) is 14.6. The number of nitrogens with zero attached hydrogens (tertiary/aromatic N) is 1. The lowest BCUT2D eigenvalue weighted by Crippen LogP contribution is -2.41. The van der Waals surface area contributed by atoms with E-state index in [1.165, 1.54) is 29.5 Å². The highest BCUT2D eigenvalue weighted by atomic mass is 32.2. The van der Waals surface area contributed by atoms with Gasteiger partial charge in [-0.25, -0.2) is 4.39 Å². The molecule has 1 aromatic heterocycles. The van der Waals surface area contributed by atoms with Crippen LogP contribution >= 0.6 is 23.1 Å². The first-order valence-corrected chi connectivity index (χ1v) is 11.4. The summed E-state index contributed by atoms with van der Waals surface area (Å²) in [4.78, 5) is 17.1. The fourth-order valence-electron chi connectivity index (χ4n) is 3.73. The van der Waals surface area contributed by atoms with Gasteiger partial charge in [-0.1, -0.05) is 6.07 Å². The average Bonchev–Trinajstić information content (AvgIpc) is 3.31. The summed E-state index contributed by atoms with van der Waals surface area (Å²) >= 11 is 3.07. The van der Waals surface area contributed by atoms with Gasteiger partial charge in [-0.3, -0.25) is 4.79 Å². The Morgan fingerprint density at radius 3 is 2.57 bits per heavy atom. The summed E-state index contributed by atoms with van der Waals surface area (Å²) in [6.45, 7) is 0.633. The first kappa shape index (κ1) is 20.8. The van der Waals surface area contributed by atoms with Crippen LogP contribution in [0.15, 0.2) is 58.8 Å². The molecule has 156 valence electrons. The van der Waals surface area contributed by atoms with Crippen LogP contribution < -0.4 is 9.47 Å². The highest BCUT2D eigenvalue weighted by molar-refractivity contribution is 8.00. The van der Waals surface area contributed by atoms with Gasteiger partial charge >= 0.3 is 0 Å². The first-order valence-electron chi connectivity index (χ1n) is 9.56. The van der Waals surface area contributed by atoms with E-state index in [2.05, 4.69) is 6.07 Å². The summed E-state index contributed by atoms with van der Waals surface area (Å²) in [6.07, 6.45) is 0.754. The largest absolute Gasteiger partial charge is 0.493 e. The maximum atomic E-state index is 13.2. The molecule has 0 radical (unpaired) electrons. The Morgan fingerprint density at radius 2 is 1.90 bits per heavy atom.